The second-order valence-corrected chi connectivity index (χ2v) is 11.3. The molecule has 1 heteroatoms. The highest BCUT2D eigenvalue weighted by Crippen LogP contribution is 2.49. The summed E-state index contributed by atoms with van der Waals surface area (Å²) in [6.07, 6.45) is 12.0. The standard InChI is InChI=1S/C16H34Si/c1-5-15(6-2)17(16(7-3)8-4)13-11-9-10-12-14-17/h15-16H,5-14H2,1-4H3. The van der Waals surface area contributed by atoms with Gasteiger partial charge in [-0.2, -0.15) is 0 Å². The Balaban J connectivity index is 2.95. The highest BCUT2D eigenvalue weighted by molar-refractivity contribution is 6.82. The molecular weight excluding hydrogens is 220 g/mol. The molecule has 0 bridgehead atoms. The predicted molar refractivity (Wildman–Crippen MR) is 82.5 cm³/mol. The topological polar surface area (TPSA) is 0 Å². The first-order chi connectivity index (χ1) is 8.25. The van der Waals surface area contributed by atoms with Crippen molar-refractivity contribution in [2.24, 2.45) is 0 Å². The van der Waals surface area contributed by atoms with Gasteiger partial charge in [0.1, 0.15) is 0 Å². The Morgan fingerprint density at radius 2 is 1.00 bits per heavy atom. The number of hydrogen-bond donors (Lipinski definition) is 0. The number of rotatable bonds is 6. The fraction of sp³-hybridized carbons (Fsp3) is 1.00. The molecule has 1 rings (SSSR count). The van der Waals surface area contributed by atoms with Crippen LogP contribution in [0.3, 0.4) is 0 Å². The van der Waals surface area contributed by atoms with Gasteiger partial charge in [0, 0.05) is 0 Å². The Morgan fingerprint density at radius 3 is 1.29 bits per heavy atom. The summed E-state index contributed by atoms with van der Waals surface area (Å²) < 4.78 is 0. The maximum atomic E-state index is 2.45. The van der Waals surface area contributed by atoms with Crippen molar-refractivity contribution < 1.29 is 0 Å². The largest absolute Gasteiger partial charge is 0.0654 e. The van der Waals surface area contributed by atoms with Gasteiger partial charge in [0.25, 0.3) is 0 Å². The molecule has 0 spiro atoms. The number of hydrogen-bond acceptors (Lipinski definition) is 0. The van der Waals surface area contributed by atoms with E-state index in [0.717, 1.165) is 11.1 Å². The molecular formula is C16H34Si. The monoisotopic (exact) mass is 254 g/mol. The summed E-state index contributed by atoms with van der Waals surface area (Å²) >= 11 is 0. The quantitative estimate of drug-likeness (QED) is 0.482. The van der Waals surface area contributed by atoms with E-state index in [1.165, 1.54) is 38.5 Å². The molecule has 0 aliphatic carbocycles. The summed E-state index contributed by atoms with van der Waals surface area (Å²) in [6, 6.07) is 3.32. The van der Waals surface area contributed by atoms with Crippen LogP contribution < -0.4 is 0 Å². The first-order valence-electron chi connectivity index (χ1n) is 8.25. The third kappa shape index (κ3) is 3.36. The lowest BCUT2D eigenvalue weighted by Crippen LogP contribution is -2.43. The predicted octanol–water partition coefficient (Wildman–Crippen LogP) is 6.39. The first kappa shape index (κ1) is 15.3. The molecule has 0 aromatic heterocycles. The van der Waals surface area contributed by atoms with Crippen molar-refractivity contribution in [2.45, 2.75) is 102 Å². The minimum absolute atomic E-state index is 0.992. The van der Waals surface area contributed by atoms with E-state index in [0.29, 0.717) is 0 Å². The van der Waals surface area contributed by atoms with E-state index in [1.54, 1.807) is 24.9 Å². The molecule has 0 unspecified atom stereocenters. The second-order valence-electron chi connectivity index (χ2n) is 6.17. The maximum absolute atomic E-state index is 2.45. The van der Waals surface area contributed by atoms with Gasteiger partial charge in [0.15, 0.2) is 0 Å². The highest BCUT2D eigenvalue weighted by atomic mass is 28.3. The van der Waals surface area contributed by atoms with Gasteiger partial charge in [0.05, 0.1) is 8.07 Å². The average molecular weight is 255 g/mol. The Morgan fingerprint density at radius 1 is 0.647 bits per heavy atom. The van der Waals surface area contributed by atoms with Crippen molar-refractivity contribution in [3.63, 3.8) is 0 Å². The average Bonchev–Trinajstić information content (AvgIpc) is 2.59. The fourth-order valence-corrected chi connectivity index (χ4v) is 12.4. The van der Waals surface area contributed by atoms with Gasteiger partial charge in [-0.3, -0.25) is 0 Å². The zero-order valence-electron chi connectivity index (χ0n) is 12.7. The molecule has 0 aromatic rings. The second kappa shape index (κ2) is 7.61. The van der Waals surface area contributed by atoms with Gasteiger partial charge in [-0.1, -0.05) is 91.1 Å². The van der Waals surface area contributed by atoms with E-state index in [2.05, 4.69) is 27.7 Å². The molecule has 0 radical (unpaired) electrons. The first-order valence-corrected chi connectivity index (χ1v) is 10.8. The van der Waals surface area contributed by atoms with E-state index in [1.807, 2.05) is 0 Å². The molecule has 0 aromatic carbocycles. The summed E-state index contributed by atoms with van der Waals surface area (Å²) in [6.45, 7) is 9.82. The van der Waals surface area contributed by atoms with Crippen LogP contribution in [0.15, 0.2) is 0 Å². The van der Waals surface area contributed by atoms with Gasteiger partial charge in [0.2, 0.25) is 0 Å². The Hall–Kier alpha value is 0.217. The van der Waals surface area contributed by atoms with Crippen LogP contribution in [0.25, 0.3) is 0 Å². The van der Waals surface area contributed by atoms with E-state index < -0.39 is 8.07 Å². The van der Waals surface area contributed by atoms with Crippen molar-refractivity contribution in [1.82, 2.24) is 0 Å². The zero-order chi connectivity index (χ0) is 12.7. The third-order valence-electron chi connectivity index (χ3n) is 5.63. The van der Waals surface area contributed by atoms with E-state index in [4.69, 9.17) is 0 Å². The van der Waals surface area contributed by atoms with Crippen LogP contribution in [0.5, 0.6) is 0 Å². The Kier molecular flexibility index (Phi) is 6.84. The molecule has 17 heavy (non-hydrogen) atoms. The third-order valence-corrected chi connectivity index (χ3v) is 13.1. The van der Waals surface area contributed by atoms with Gasteiger partial charge in [-0.15, -0.1) is 0 Å². The van der Waals surface area contributed by atoms with Crippen molar-refractivity contribution in [3.05, 3.63) is 0 Å². The van der Waals surface area contributed by atoms with Crippen LogP contribution in [-0.2, 0) is 0 Å². The maximum Gasteiger partial charge on any atom is 0.0597 e. The lowest BCUT2D eigenvalue weighted by molar-refractivity contribution is 0.642. The lowest BCUT2D eigenvalue weighted by Gasteiger charge is -2.44. The normalized spacial score (nSPS) is 20.8. The van der Waals surface area contributed by atoms with E-state index >= 15 is 0 Å². The van der Waals surface area contributed by atoms with Crippen LogP contribution in [-0.4, -0.2) is 8.07 Å². The van der Waals surface area contributed by atoms with Crippen LogP contribution in [0.4, 0.5) is 0 Å². The van der Waals surface area contributed by atoms with Gasteiger partial charge < -0.3 is 0 Å². The Bertz CT molecular complexity index is 170. The van der Waals surface area contributed by atoms with Crippen molar-refractivity contribution in [3.8, 4) is 0 Å². The molecule has 102 valence electrons. The van der Waals surface area contributed by atoms with Crippen LogP contribution in [0, 0.1) is 0 Å². The van der Waals surface area contributed by atoms with Crippen molar-refractivity contribution in [1.29, 1.82) is 0 Å². The lowest BCUT2D eigenvalue weighted by atomic mass is 10.2. The van der Waals surface area contributed by atoms with Crippen LogP contribution in [0.1, 0.15) is 79.1 Å². The smallest absolute Gasteiger partial charge is 0.0597 e. The molecule has 1 saturated heterocycles. The molecule has 1 aliphatic heterocycles. The fourth-order valence-electron chi connectivity index (χ4n) is 4.74. The van der Waals surface area contributed by atoms with E-state index in [9.17, 15) is 0 Å². The van der Waals surface area contributed by atoms with Crippen LogP contribution in [0.2, 0.25) is 23.2 Å². The zero-order valence-corrected chi connectivity index (χ0v) is 13.7. The van der Waals surface area contributed by atoms with Gasteiger partial charge in [-0.05, 0) is 11.1 Å². The highest BCUT2D eigenvalue weighted by Gasteiger charge is 2.43. The molecule has 1 fully saturated rings. The van der Waals surface area contributed by atoms with E-state index in [-0.39, 0.29) is 0 Å². The molecule has 0 saturated carbocycles. The SMILES string of the molecule is CCC(CC)[Si]1(C(CC)CC)CCCCCC1. The summed E-state index contributed by atoms with van der Waals surface area (Å²) in [5.41, 5.74) is 2.23. The minimum atomic E-state index is -0.992. The molecule has 1 aliphatic rings. The summed E-state index contributed by atoms with van der Waals surface area (Å²) in [5, 5.41) is 0. The molecule has 0 amide bonds. The molecule has 0 N–H and O–H groups in total. The van der Waals surface area contributed by atoms with Crippen LogP contribution >= 0.6 is 0 Å². The Labute approximate surface area is 111 Å². The van der Waals surface area contributed by atoms with Crippen molar-refractivity contribution >= 4 is 8.07 Å². The molecule has 0 atom stereocenters. The molecule has 0 nitrogen and oxygen atoms in total. The van der Waals surface area contributed by atoms with Gasteiger partial charge in [-0.25, -0.2) is 0 Å². The molecule has 1 heterocycles. The summed E-state index contributed by atoms with van der Waals surface area (Å²) in [7, 11) is -0.992. The van der Waals surface area contributed by atoms with Gasteiger partial charge >= 0.3 is 0 Å². The van der Waals surface area contributed by atoms with Crippen molar-refractivity contribution in [2.75, 3.05) is 0 Å². The summed E-state index contributed by atoms with van der Waals surface area (Å²) in [4.78, 5) is 0. The minimum Gasteiger partial charge on any atom is -0.0654 e. The summed E-state index contributed by atoms with van der Waals surface area (Å²) in [5.74, 6) is 0.